The third kappa shape index (κ3) is 1.68. The van der Waals surface area contributed by atoms with Crippen molar-refractivity contribution in [2.75, 3.05) is 0 Å². The molecule has 0 fully saturated rings. The third-order valence-electron chi connectivity index (χ3n) is 2.14. The van der Waals surface area contributed by atoms with Gasteiger partial charge >= 0.3 is 0 Å². The Morgan fingerprint density at radius 2 is 2.20 bits per heavy atom. The highest BCUT2D eigenvalue weighted by atomic mass is 35.5. The number of halogens is 2. The smallest absolute Gasteiger partial charge is 0.136 e. The Morgan fingerprint density at radius 1 is 1.40 bits per heavy atom. The molecule has 0 amide bonds. The second-order valence-electron chi connectivity index (χ2n) is 3.02. The molecule has 0 aliphatic rings. The molecule has 0 spiro atoms. The van der Waals surface area contributed by atoms with Crippen LogP contribution in [0.1, 0.15) is 11.3 Å². The van der Waals surface area contributed by atoms with Gasteiger partial charge in [0.15, 0.2) is 0 Å². The van der Waals surface area contributed by atoms with E-state index >= 15 is 0 Å². The Hall–Kier alpha value is -1.54. The van der Waals surface area contributed by atoms with Gasteiger partial charge in [-0.2, -0.15) is 0 Å². The summed E-state index contributed by atoms with van der Waals surface area (Å²) in [6.45, 7) is 3.67. The van der Waals surface area contributed by atoms with Gasteiger partial charge in [-0.25, -0.2) is 4.39 Å². The maximum absolute atomic E-state index is 13.0. The van der Waals surface area contributed by atoms with Crippen LogP contribution in [0.5, 0.6) is 0 Å². The van der Waals surface area contributed by atoms with E-state index in [0.29, 0.717) is 16.7 Å². The van der Waals surface area contributed by atoms with Crippen LogP contribution in [0.3, 0.4) is 0 Å². The number of furan rings is 1. The summed E-state index contributed by atoms with van der Waals surface area (Å²) < 4.78 is 18.5. The van der Waals surface area contributed by atoms with E-state index in [-0.39, 0.29) is 5.82 Å². The van der Waals surface area contributed by atoms with Gasteiger partial charge in [0, 0.05) is 16.5 Å². The predicted octanol–water partition coefficient (Wildman–Crippen LogP) is 4.42. The van der Waals surface area contributed by atoms with Crippen molar-refractivity contribution in [2.24, 2.45) is 0 Å². The van der Waals surface area contributed by atoms with Crippen molar-refractivity contribution in [2.45, 2.75) is 0 Å². The van der Waals surface area contributed by atoms with Crippen LogP contribution in [0.15, 0.2) is 34.7 Å². The van der Waals surface area contributed by atoms with Crippen molar-refractivity contribution in [3.8, 4) is 0 Å². The lowest BCUT2D eigenvalue weighted by atomic mass is 10.1. The lowest BCUT2D eigenvalue weighted by molar-refractivity contribution is 0.599. The molecule has 0 saturated carbocycles. The molecule has 76 valence electrons. The van der Waals surface area contributed by atoms with E-state index in [9.17, 15) is 4.39 Å². The predicted molar refractivity (Wildman–Crippen MR) is 61.2 cm³/mol. The quantitative estimate of drug-likeness (QED) is 0.733. The van der Waals surface area contributed by atoms with Gasteiger partial charge in [-0.1, -0.05) is 24.3 Å². The van der Waals surface area contributed by atoms with Crippen molar-refractivity contribution in [1.82, 2.24) is 0 Å². The van der Waals surface area contributed by atoms with Crippen LogP contribution in [-0.2, 0) is 0 Å². The van der Waals surface area contributed by atoms with Crippen LogP contribution in [0.4, 0.5) is 4.39 Å². The Labute approximate surface area is 91.5 Å². The first kappa shape index (κ1) is 9.99. The number of fused-ring (bicyclic) bond motifs is 1. The summed E-state index contributed by atoms with van der Waals surface area (Å²) in [4.78, 5) is 0. The molecule has 0 saturated heterocycles. The van der Waals surface area contributed by atoms with E-state index in [4.69, 9.17) is 16.0 Å². The SMILES string of the molecule is C=Cc1c(/C=C/Cl)oc2ccc(F)cc12. The molecule has 2 rings (SSSR count). The molecule has 0 aliphatic carbocycles. The minimum absolute atomic E-state index is 0.298. The molecule has 1 aromatic heterocycles. The van der Waals surface area contributed by atoms with E-state index in [2.05, 4.69) is 6.58 Å². The first-order valence-corrected chi connectivity index (χ1v) is 4.81. The summed E-state index contributed by atoms with van der Waals surface area (Å²) in [7, 11) is 0. The molecule has 0 N–H and O–H groups in total. The molecule has 1 heterocycles. The maximum Gasteiger partial charge on any atom is 0.136 e. The normalized spacial score (nSPS) is 11.3. The molecule has 2 aromatic rings. The van der Waals surface area contributed by atoms with Crippen LogP contribution in [0.25, 0.3) is 23.1 Å². The van der Waals surface area contributed by atoms with Gasteiger partial charge < -0.3 is 4.42 Å². The van der Waals surface area contributed by atoms with Gasteiger partial charge in [0.1, 0.15) is 17.2 Å². The zero-order chi connectivity index (χ0) is 10.8. The average molecular weight is 223 g/mol. The highest BCUT2D eigenvalue weighted by Gasteiger charge is 2.09. The Kier molecular flexibility index (Phi) is 2.60. The zero-order valence-corrected chi connectivity index (χ0v) is 8.59. The fourth-order valence-corrected chi connectivity index (χ4v) is 1.61. The van der Waals surface area contributed by atoms with Gasteiger partial charge in [0.25, 0.3) is 0 Å². The fraction of sp³-hybridized carbons (Fsp3) is 0. The highest BCUT2D eigenvalue weighted by molar-refractivity contribution is 6.27. The summed E-state index contributed by atoms with van der Waals surface area (Å²) in [5.41, 5.74) is 2.72. The largest absolute Gasteiger partial charge is 0.456 e. The van der Waals surface area contributed by atoms with Gasteiger partial charge in [0.05, 0.1) is 0 Å². The Bertz CT molecular complexity index is 540. The van der Waals surface area contributed by atoms with Crippen molar-refractivity contribution in [3.63, 3.8) is 0 Å². The van der Waals surface area contributed by atoms with Gasteiger partial charge in [-0.15, -0.1) is 0 Å². The van der Waals surface area contributed by atoms with Crippen molar-refractivity contribution < 1.29 is 8.81 Å². The Morgan fingerprint density at radius 3 is 2.87 bits per heavy atom. The molecular weight excluding hydrogens is 215 g/mol. The highest BCUT2D eigenvalue weighted by Crippen LogP contribution is 2.28. The van der Waals surface area contributed by atoms with Crippen LogP contribution in [0.2, 0.25) is 0 Å². The van der Waals surface area contributed by atoms with Crippen molar-refractivity contribution in [3.05, 3.63) is 47.5 Å². The van der Waals surface area contributed by atoms with Crippen LogP contribution in [0, 0.1) is 5.82 Å². The second kappa shape index (κ2) is 3.91. The first-order chi connectivity index (χ1) is 7.26. The topological polar surface area (TPSA) is 13.1 Å². The molecule has 0 radical (unpaired) electrons. The summed E-state index contributed by atoms with van der Waals surface area (Å²) in [5.74, 6) is 0.286. The summed E-state index contributed by atoms with van der Waals surface area (Å²) in [5, 5.41) is 0.703. The molecule has 15 heavy (non-hydrogen) atoms. The Balaban J connectivity index is 2.79. The molecule has 0 atom stereocenters. The van der Waals surface area contributed by atoms with Gasteiger partial charge in [-0.3, -0.25) is 0 Å². The first-order valence-electron chi connectivity index (χ1n) is 4.37. The minimum Gasteiger partial charge on any atom is -0.456 e. The maximum atomic E-state index is 13.0. The molecule has 1 nitrogen and oxygen atoms in total. The minimum atomic E-state index is -0.298. The molecule has 1 aromatic carbocycles. The van der Waals surface area contributed by atoms with E-state index in [1.807, 2.05) is 0 Å². The van der Waals surface area contributed by atoms with Crippen molar-refractivity contribution in [1.29, 1.82) is 0 Å². The zero-order valence-electron chi connectivity index (χ0n) is 7.84. The molecule has 0 bridgehead atoms. The summed E-state index contributed by atoms with van der Waals surface area (Å²) >= 11 is 5.47. The van der Waals surface area contributed by atoms with E-state index in [0.717, 1.165) is 5.56 Å². The van der Waals surface area contributed by atoms with Crippen molar-refractivity contribution >= 4 is 34.7 Å². The molecule has 3 heteroatoms. The monoisotopic (exact) mass is 222 g/mol. The van der Waals surface area contributed by atoms with Gasteiger partial charge in [-0.05, 0) is 24.3 Å². The van der Waals surface area contributed by atoms with E-state index in [1.165, 1.54) is 17.7 Å². The van der Waals surface area contributed by atoms with Crippen LogP contribution < -0.4 is 0 Å². The number of rotatable bonds is 2. The number of hydrogen-bond donors (Lipinski definition) is 0. The average Bonchev–Trinajstić information content (AvgIpc) is 2.55. The number of benzene rings is 1. The van der Waals surface area contributed by atoms with Crippen LogP contribution in [-0.4, -0.2) is 0 Å². The molecular formula is C12H8ClFO. The molecule has 0 unspecified atom stereocenters. The van der Waals surface area contributed by atoms with E-state index < -0.39 is 0 Å². The third-order valence-corrected chi connectivity index (χ3v) is 2.26. The fourth-order valence-electron chi connectivity index (χ4n) is 1.50. The number of hydrogen-bond acceptors (Lipinski definition) is 1. The standard InChI is InChI=1S/C12H8ClFO/c1-2-9-10-7-8(14)3-4-11(10)15-12(9)5-6-13/h2-7H,1H2/b6-5+. The lowest BCUT2D eigenvalue weighted by Crippen LogP contribution is -1.74. The summed E-state index contributed by atoms with van der Waals surface area (Å²) in [6, 6.07) is 4.36. The molecule has 0 aliphatic heterocycles. The van der Waals surface area contributed by atoms with Gasteiger partial charge in [0.2, 0.25) is 0 Å². The van der Waals surface area contributed by atoms with Crippen LogP contribution >= 0.6 is 11.6 Å². The summed E-state index contributed by atoms with van der Waals surface area (Å²) in [6.07, 6.45) is 3.23. The van der Waals surface area contributed by atoms with E-state index in [1.54, 1.807) is 18.2 Å². The second-order valence-corrected chi connectivity index (χ2v) is 3.27. The lowest BCUT2D eigenvalue weighted by Gasteiger charge is -1.90.